The standard InChI is InChI=1S/C15H22/c1-11(2)13-8-9-14-7-5-6-12(3)15(14,4)10-13/h5,7,9,12H,6,8,10H2,1-4H3. The molecule has 0 aliphatic heterocycles. The van der Waals surface area contributed by atoms with Gasteiger partial charge in [-0.3, -0.25) is 0 Å². The van der Waals surface area contributed by atoms with E-state index in [2.05, 4.69) is 45.9 Å². The Morgan fingerprint density at radius 1 is 1.40 bits per heavy atom. The Kier molecular flexibility index (Phi) is 2.62. The molecule has 0 heterocycles. The van der Waals surface area contributed by atoms with Crippen LogP contribution >= 0.6 is 0 Å². The smallest absolute Gasteiger partial charge is 0.00126 e. The van der Waals surface area contributed by atoms with Crippen LogP contribution in [0, 0.1) is 11.3 Å². The lowest BCUT2D eigenvalue weighted by Gasteiger charge is -2.43. The van der Waals surface area contributed by atoms with Crippen molar-refractivity contribution in [2.24, 2.45) is 11.3 Å². The van der Waals surface area contributed by atoms with E-state index < -0.39 is 0 Å². The predicted molar refractivity (Wildman–Crippen MR) is 66.7 cm³/mol. The van der Waals surface area contributed by atoms with Gasteiger partial charge in [-0.1, -0.05) is 43.2 Å². The summed E-state index contributed by atoms with van der Waals surface area (Å²) >= 11 is 0. The van der Waals surface area contributed by atoms with E-state index in [1.807, 2.05) is 0 Å². The number of hydrogen-bond donors (Lipinski definition) is 0. The van der Waals surface area contributed by atoms with Crippen LogP contribution in [-0.2, 0) is 0 Å². The summed E-state index contributed by atoms with van der Waals surface area (Å²) in [5.41, 5.74) is 5.16. The van der Waals surface area contributed by atoms with Gasteiger partial charge in [0, 0.05) is 0 Å². The maximum absolute atomic E-state index is 2.44. The fraction of sp³-hybridized carbons (Fsp3) is 0.600. The zero-order valence-corrected chi connectivity index (χ0v) is 10.4. The Hall–Kier alpha value is -0.780. The van der Waals surface area contributed by atoms with E-state index in [4.69, 9.17) is 0 Å². The highest BCUT2D eigenvalue weighted by molar-refractivity contribution is 5.38. The summed E-state index contributed by atoms with van der Waals surface area (Å²) < 4.78 is 0. The Bertz CT molecular complexity index is 350. The summed E-state index contributed by atoms with van der Waals surface area (Å²) in [5, 5.41) is 0. The molecule has 0 N–H and O–H groups in total. The second-order valence-corrected chi connectivity index (χ2v) is 5.60. The number of rotatable bonds is 0. The van der Waals surface area contributed by atoms with Crippen molar-refractivity contribution in [2.45, 2.75) is 47.0 Å². The van der Waals surface area contributed by atoms with Crippen LogP contribution in [0.25, 0.3) is 0 Å². The maximum Gasteiger partial charge on any atom is -0.00126 e. The van der Waals surface area contributed by atoms with E-state index in [0.717, 1.165) is 5.92 Å². The molecule has 0 saturated carbocycles. The quantitative estimate of drug-likeness (QED) is 0.502. The molecule has 2 aliphatic carbocycles. The van der Waals surface area contributed by atoms with E-state index in [-0.39, 0.29) is 0 Å². The van der Waals surface area contributed by atoms with Gasteiger partial charge in [0.15, 0.2) is 0 Å². The molecule has 0 nitrogen and oxygen atoms in total. The first-order valence-corrected chi connectivity index (χ1v) is 6.06. The second-order valence-electron chi connectivity index (χ2n) is 5.60. The fourth-order valence-corrected chi connectivity index (χ4v) is 2.84. The van der Waals surface area contributed by atoms with Crippen LogP contribution in [-0.4, -0.2) is 0 Å². The highest BCUT2D eigenvalue weighted by Gasteiger charge is 2.37. The minimum absolute atomic E-state index is 0.402. The van der Waals surface area contributed by atoms with Crippen LogP contribution in [0.15, 0.2) is 34.9 Å². The van der Waals surface area contributed by atoms with Crippen LogP contribution < -0.4 is 0 Å². The number of fused-ring (bicyclic) bond motifs is 1. The molecule has 0 saturated heterocycles. The largest absolute Gasteiger partial charge is 0.0840 e. The van der Waals surface area contributed by atoms with Crippen molar-refractivity contribution in [1.82, 2.24) is 0 Å². The average Bonchev–Trinajstić information content (AvgIpc) is 2.19. The molecule has 0 spiro atoms. The molecular weight excluding hydrogens is 180 g/mol. The van der Waals surface area contributed by atoms with E-state index in [1.54, 1.807) is 11.1 Å². The van der Waals surface area contributed by atoms with Gasteiger partial charge >= 0.3 is 0 Å². The van der Waals surface area contributed by atoms with Gasteiger partial charge in [-0.25, -0.2) is 0 Å². The molecule has 0 aromatic heterocycles. The Morgan fingerprint density at radius 3 is 2.80 bits per heavy atom. The summed E-state index contributed by atoms with van der Waals surface area (Å²) in [6.45, 7) is 9.34. The SMILES string of the molecule is CC(C)=C1CC=C2C=CCC(C)C2(C)C1. The van der Waals surface area contributed by atoms with Crippen molar-refractivity contribution in [1.29, 1.82) is 0 Å². The van der Waals surface area contributed by atoms with Gasteiger partial charge in [0.25, 0.3) is 0 Å². The lowest BCUT2D eigenvalue weighted by Crippen LogP contribution is -2.32. The molecule has 2 unspecified atom stereocenters. The van der Waals surface area contributed by atoms with Crippen LogP contribution in [0.2, 0.25) is 0 Å². The minimum atomic E-state index is 0.402. The van der Waals surface area contributed by atoms with Crippen LogP contribution in [0.5, 0.6) is 0 Å². The number of hydrogen-bond acceptors (Lipinski definition) is 0. The molecule has 82 valence electrons. The lowest BCUT2D eigenvalue weighted by molar-refractivity contribution is 0.244. The van der Waals surface area contributed by atoms with E-state index >= 15 is 0 Å². The van der Waals surface area contributed by atoms with Gasteiger partial charge in [0.05, 0.1) is 0 Å². The predicted octanol–water partition coefficient (Wildman–Crippen LogP) is 4.65. The summed E-state index contributed by atoms with van der Waals surface area (Å²) in [4.78, 5) is 0. The summed E-state index contributed by atoms with van der Waals surface area (Å²) in [5.74, 6) is 0.781. The summed E-state index contributed by atoms with van der Waals surface area (Å²) in [6, 6.07) is 0. The Labute approximate surface area is 93.8 Å². The number of allylic oxidation sites excluding steroid dienone is 6. The van der Waals surface area contributed by atoms with Gasteiger partial charge in [0.2, 0.25) is 0 Å². The van der Waals surface area contributed by atoms with Crippen molar-refractivity contribution in [2.75, 3.05) is 0 Å². The summed E-state index contributed by atoms with van der Waals surface area (Å²) in [7, 11) is 0. The molecule has 0 bridgehead atoms. The van der Waals surface area contributed by atoms with Gasteiger partial charge in [0.1, 0.15) is 0 Å². The van der Waals surface area contributed by atoms with Gasteiger partial charge in [-0.15, -0.1) is 0 Å². The second kappa shape index (κ2) is 3.66. The molecular formula is C15H22. The monoisotopic (exact) mass is 202 g/mol. The molecule has 0 aromatic rings. The van der Waals surface area contributed by atoms with Crippen LogP contribution in [0.3, 0.4) is 0 Å². The third kappa shape index (κ3) is 1.71. The topological polar surface area (TPSA) is 0 Å². The first-order chi connectivity index (χ1) is 7.04. The first kappa shape index (κ1) is 10.7. The molecule has 2 rings (SSSR count). The normalized spacial score (nSPS) is 34.8. The molecule has 0 amide bonds. The maximum atomic E-state index is 2.44. The van der Waals surface area contributed by atoms with Crippen molar-refractivity contribution in [3.05, 3.63) is 34.9 Å². The zero-order chi connectivity index (χ0) is 11.1. The molecule has 0 fully saturated rings. The van der Waals surface area contributed by atoms with Crippen molar-refractivity contribution >= 4 is 0 Å². The van der Waals surface area contributed by atoms with Gasteiger partial charge in [-0.2, -0.15) is 0 Å². The third-order valence-corrected chi connectivity index (χ3v) is 4.39. The summed E-state index contributed by atoms with van der Waals surface area (Å²) in [6.07, 6.45) is 10.8. The Morgan fingerprint density at radius 2 is 2.13 bits per heavy atom. The third-order valence-electron chi connectivity index (χ3n) is 4.39. The molecule has 0 heteroatoms. The van der Waals surface area contributed by atoms with Gasteiger partial charge < -0.3 is 0 Å². The molecule has 0 radical (unpaired) electrons. The van der Waals surface area contributed by atoms with Crippen molar-refractivity contribution < 1.29 is 0 Å². The van der Waals surface area contributed by atoms with Crippen molar-refractivity contribution in [3.8, 4) is 0 Å². The highest BCUT2D eigenvalue weighted by atomic mass is 14.4. The molecule has 2 atom stereocenters. The average molecular weight is 202 g/mol. The fourth-order valence-electron chi connectivity index (χ4n) is 2.84. The van der Waals surface area contributed by atoms with Crippen LogP contribution in [0.1, 0.15) is 47.0 Å². The van der Waals surface area contributed by atoms with Crippen molar-refractivity contribution in [3.63, 3.8) is 0 Å². The first-order valence-electron chi connectivity index (χ1n) is 6.06. The highest BCUT2D eigenvalue weighted by Crippen LogP contribution is 2.49. The zero-order valence-electron chi connectivity index (χ0n) is 10.4. The molecule has 15 heavy (non-hydrogen) atoms. The lowest BCUT2D eigenvalue weighted by atomic mass is 9.61. The van der Waals surface area contributed by atoms with E-state index in [0.29, 0.717) is 5.41 Å². The van der Waals surface area contributed by atoms with Gasteiger partial charge in [-0.05, 0) is 50.0 Å². The molecule has 2 aliphatic rings. The van der Waals surface area contributed by atoms with Crippen LogP contribution in [0.4, 0.5) is 0 Å². The molecule has 0 aromatic carbocycles. The Balaban J connectivity index is 2.41. The minimum Gasteiger partial charge on any atom is -0.0840 e. The van der Waals surface area contributed by atoms with E-state index in [9.17, 15) is 0 Å². The van der Waals surface area contributed by atoms with E-state index in [1.165, 1.54) is 24.8 Å².